The molecule has 1 fully saturated rings. The predicted octanol–water partition coefficient (Wildman–Crippen LogP) is 3.30. The lowest BCUT2D eigenvalue weighted by molar-refractivity contribution is 0.272. The van der Waals surface area contributed by atoms with Crippen molar-refractivity contribution in [3.05, 3.63) is 35.9 Å². The van der Waals surface area contributed by atoms with E-state index < -0.39 is 0 Å². The van der Waals surface area contributed by atoms with Gasteiger partial charge in [0.05, 0.1) is 5.92 Å². The van der Waals surface area contributed by atoms with Crippen LogP contribution in [0, 0.1) is 0 Å². The second-order valence-corrected chi connectivity index (χ2v) is 5.29. The van der Waals surface area contributed by atoms with E-state index in [2.05, 4.69) is 62.9 Å². The van der Waals surface area contributed by atoms with E-state index in [1.165, 1.54) is 11.4 Å². The molecule has 0 spiro atoms. The summed E-state index contributed by atoms with van der Waals surface area (Å²) in [6.07, 6.45) is 0. The van der Waals surface area contributed by atoms with E-state index in [4.69, 9.17) is 4.99 Å². The van der Waals surface area contributed by atoms with Gasteiger partial charge in [0.25, 0.3) is 0 Å². The highest BCUT2D eigenvalue weighted by molar-refractivity contribution is 5.95. The van der Waals surface area contributed by atoms with Gasteiger partial charge in [0.2, 0.25) is 0 Å². The van der Waals surface area contributed by atoms with Crippen molar-refractivity contribution in [1.82, 2.24) is 4.90 Å². The van der Waals surface area contributed by atoms with E-state index in [1.807, 2.05) is 0 Å². The minimum absolute atomic E-state index is 0.373. The van der Waals surface area contributed by atoms with Gasteiger partial charge in [0, 0.05) is 18.6 Å². The van der Waals surface area contributed by atoms with Gasteiger partial charge < -0.3 is 4.90 Å². The number of amidine groups is 1. The number of benzene rings is 1. The molecule has 1 heterocycles. The Morgan fingerprint density at radius 3 is 2.29 bits per heavy atom. The maximum Gasteiger partial charge on any atom is 0.109 e. The van der Waals surface area contributed by atoms with Crippen LogP contribution in [0.15, 0.2) is 35.3 Å². The van der Waals surface area contributed by atoms with Crippen LogP contribution >= 0.6 is 0 Å². The Kier molecular flexibility index (Phi) is 3.51. The average Bonchev–Trinajstić information content (AvgIpc) is 2.25. The molecule has 2 rings (SSSR count). The van der Waals surface area contributed by atoms with E-state index in [-0.39, 0.29) is 0 Å². The number of hydrogen-bond acceptors (Lipinski definition) is 1. The summed E-state index contributed by atoms with van der Waals surface area (Å²) in [6, 6.07) is 11.6. The zero-order chi connectivity index (χ0) is 12.4. The lowest BCUT2D eigenvalue weighted by Crippen LogP contribution is -2.54. The van der Waals surface area contributed by atoms with Crippen LogP contribution in [0.1, 0.15) is 39.2 Å². The molecule has 2 nitrogen and oxygen atoms in total. The summed E-state index contributed by atoms with van der Waals surface area (Å²) < 4.78 is 0. The van der Waals surface area contributed by atoms with E-state index in [9.17, 15) is 0 Å². The summed E-state index contributed by atoms with van der Waals surface area (Å²) in [7, 11) is 0. The molecule has 1 aromatic rings. The summed E-state index contributed by atoms with van der Waals surface area (Å²) in [5, 5.41) is 0. The van der Waals surface area contributed by atoms with Crippen molar-refractivity contribution in [2.75, 3.05) is 6.54 Å². The SMILES string of the molecule is CC(C)N=C1[C@H](c2ccccc2)CN1C(C)C. The maximum atomic E-state index is 4.79. The Morgan fingerprint density at radius 2 is 1.76 bits per heavy atom. The van der Waals surface area contributed by atoms with Crippen molar-refractivity contribution in [2.45, 2.75) is 45.7 Å². The van der Waals surface area contributed by atoms with Crippen LogP contribution in [-0.2, 0) is 0 Å². The fourth-order valence-corrected chi connectivity index (χ4v) is 2.30. The Morgan fingerprint density at radius 1 is 1.12 bits per heavy atom. The monoisotopic (exact) mass is 230 g/mol. The van der Waals surface area contributed by atoms with Crippen molar-refractivity contribution in [1.29, 1.82) is 0 Å². The van der Waals surface area contributed by atoms with E-state index >= 15 is 0 Å². The largest absolute Gasteiger partial charge is 0.356 e. The fourth-order valence-electron chi connectivity index (χ4n) is 2.30. The Bertz CT molecular complexity index is 393. The third-order valence-corrected chi connectivity index (χ3v) is 3.20. The van der Waals surface area contributed by atoms with Crippen LogP contribution in [0.3, 0.4) is 0 Å². The van der Waals surface area contributed by atoms with Crippen LogP contribution in [0.4, 0.5) is 0 Å². The predicted molar refractivity (Wildman–Crippen MR) is 73.6 cm³/mol. The summed E-state index contributed by atoms with van der Waals surface area (Å²) in [5.41, 5.74) is 1.39. The van der Waals surface area contributed by atoms with Gasteiger partial charge >= 0.3 is 0 Å². The minimum Gasteiger partial charge on any atom is -0.356 e. The van der Waals surface area contributed by atoms with Crippen molar-refractivity contribution in [2.24, 2.45) is 4.99 Å². The Labute approximate surface area is 104 Å². The maximum absolute atomic E-state index is 4.79. The van der Waals surface area contributed by atoms with Gasteiger partial charge in [-0.3, -0.25) is 4.99 Å². The Hall–Kier alpha value is -1.31. The smallest absolute Gasteiger partial charge is 0.109 e. The van der Waals surface area contributed by atoms with Crippen LogP contribution in [0.2, 0.25) is 0 Å². The number of aliphatic imine (C=N–C) groups is 1. The van der Waals surface area contributed by atoms with Crippen LogP contribution in [0.25, 0.3) is 0 Å². The number of rotatable bonds is 3. The molecule has 92 valence electrons. The number of likely N-dealkylation sites (tertiary alicyclic amines) is 1. The molecule has 0 saturated carbocycles. The molecule has 2 heteroatoms. The van der Waals surface area contributed by atoms with Gasteiger partial charge in [-0.05, 0) is 33.3 Å². The summed E-state index contributed by atoms with van der Waals surface area (Å²) in [4.78, 5) is 7.19. The molecule has 0 bridgehead atoms. The average molecular weight is 230 g/mol. The Balaban J connectivity index is 2.21. The van der Waals surface area contributed by atoms with Crippen molar-refractivity contribution in [3.63, 3.8) is 0 Å². The van der Waals surface area contributed by atoms with Gasteiger partial charge in [0.1, 0.15) is 5.84 Å². The van der Waals surface area contributed by atoms with Crippen molar-refractivity contribution < 1.29 is 0 Å². The molecule has 0 amide bonds. The first-order chi connectivity index (χ1) is 8.09. The number of hydrogen-bond donors (Lipinski definition) is 0. The van der Waals surface area contributed by atoms with E-state index in [1.54, 1.807) is 0 Å². The van der Waals surface area contributed by atoms with E-state index in [0.29, 0.717) is 18.0 Å². The highest BCUT2D eigenvalue weighted by Gasteiger charge is 2.36. The third kappa shape index (κ3) is 2.51. The van der Waals surface area contributed by atoms with Crippen molar-refractivity contribution >= 4 is 5.84 Å². The fraction of sp³-hybridized carbons (Fsp3) is 0.533. The van der Waals surface area contributed by atoms with Gasteiger partial charge in [-0.15, -0.1) is 0 Å². The second kappa shape index (κ2) is 4.91. The molecule has 1 aromatic carbocycles. The van der Waals surface area contributed by atoms with E-state index in [0.717, 1.165) is 6.54 Å². The molecule has 1 atom stereocenters. The molecule has 0 aliphatic carbocycles. The van der Waals surface area contributed by atoms with Crippen LogP contribution in [-0.4, -0.2) is 29.4 Å². The highest BCUT2D eigenvalue weighted by atomic mass is 15.3. The molecular formula is C15H22N2. The standard InChI is InChI=1S/C15H22N2/c1-11(2)16-15-14(10-17(15)12(3)4)13-8-6-5-7-9-13/h5-9,11-12,14H,10H2,1-4H3/t14-/m0/s1. The molecule has 1 saturated heterocycles. The zero-order valence-corrected chi connectivity index (χ0v) is 11.2. The summed E-state index contributed by atoms with van der Waals surface area (Å²) >= 11 is 0. The van der Waals surface area contributed by atoms with Crippen LogP contribution < -0.4 is 0 Å². The van der Waals surface area contributed by atoms with Gasteiger partial charge in [-0.1, -0.05) is 30.3 Å². The quantitative estimate of drug-likeness (QED) is 0.778. The molecule has 17 heavy (non-hydrogen) atoms. The molecule has 1 aliphatic heterocycles. The summed E-state index contributed by atoms with van der Waals surface area (Å²) in [5.74, 6) is 1.77. The molecule has 0 radical (unpaired) electrons. The zero-order valence-electron chi connectivity index (χ0n) is 11.2. The first-order valence-corrected chi connectivity index (χ1v) is 6.49. The van der Waals surface area contributed by atoms with Gasteiger partial charge in [-0.2, -0.15) is 0 Å². The topological polar surface area (TPSA) is 15.6 Å². The molecule has 0 unspecified atom stereocenters. The lowest BCUT2D eigenvalue weighted by Gasteiger charge is -2.45. The molecular weight excluding hydrogens is 208 g/mol. The van der Waals surface area contributed by atoms with Crippen LogP contribution in [0.5, 0.6) is 0 Å². The molecule has 0 N–H and O–H groups in total. The minimum atomic E-state index is 0.373. The molecule has 1 aliphatic rings. The highest BCUT2D eigenvalue weighted by Crippen LogP contribution is 2.31. The first kappa shape index (κ1) is 12.2. The van der Waals surface area contributed by atoms with Gasteiger partial charge in [-0.25, -0.2) is 0 Å². The lowest BCUT2D eigenvalue weighted by atomic mass is 9.88. The molecule has 0 aromatic heterocycles. The van der Waals surface area contributed by atoms with Crippen molar-refractivity contribution in [3.8, 4) is 0 Å². The first-order valence-electron chi connectivity index (χ1n) is 6.49. The normalized spacial score (nSPS) is 22.4. The second-order valence-electron chi connectivity index (χ2n) is 5.29. The summed E-state index contributed by atoms with van der Waals surface area (Å²) in [6.45, 7) is 9.86. The number of nitrogens with zero attached hydrogens (tertiary/aromatic N) is 2. The third-order valence-electron chi connectivity index (χ3n) is 3.20. The van der Waals surface area contributed by atoms with Gasteiger partial charge in [0.15, 0.2) is 0 Å².